The summed E-state index contributed by atoms with van der Waals surface area (Å²) >= 11 is 0. The Labute approximate surface area is 116 Å². The van der Waals surface area contributed by atoms with Crippen molar-refractivity contribution in [1.82, 2.24) is 10.2 Å². The predicted molar refractivity (Wildman–Crippen MR) is 69.4 cm³/mol. The highest BCUT2D eigenvalue weighted by Gasteiger charge is 2.42. The maximum Gasteiger partial charge on any atom is 0.329 e. The molecular formula is C13H18N2O5. The molecule has 0 spiro atoms. The zero-order chi connectivity index (χ0) is 14.6. The highest BCUT2D eigenvalue weighted by atomic mass is 16.5. The molecule has 0 atom stereocenters. The first-order valence-corrected chi connectivity index (χ1v) is 6.39. The van der Waals surface area contributed by atoms with E-state index in [1.807, 2.05) is 6.07 Å². The number of hydrogen-bond donors (Lipinski definition) is 2. The van der Waals surface area contributed by atoms with E-state index in [0.29, 0.717) is 26.1 Å². The average molecular weight is 282 g/mol. The average Bonchev–Trinajstić information content (AvgIpc) is 2.86. The Kier molecular flexibility index (Phi) is 4.29. The number of amides is 2. The molecule has 1 aliphatic rings. The molecule has 0 bridgehead atoms. The van der Waals surface area contributed by atoms with Crippen molar-refractivity contribution in [3.8, 4) is 0 Å². The summed E-state index contributed by atoms with van der Waals surface area (Å²) in [6.07, 6.45) is 2.23. The minimum Gasteiger partial charge on any atom is -0.480 e. The van der Waals surface area contributed by atoms with Gasteiger partial charge in [-0.25, -0.2) is 9.59 Å². The third-order valence-corrected chi connectivity index (χ3v) is 3.11. The van der Waals surface area contributed by atoms with E-state index in [4.69, 9.17) is 14.3 Å². The normalized spacial score (nSPS) is 16.6. The van der Waals surface area contributed by atoms with Crippen LogP contribution in [0.15, 0.2) is 22.8 Å². The lowest BCUT2D eigenvalue weighted by Crippen LogP contribution is -2.65. The fourth-order valence-electron chi connectivity index (χ4n) is 2.09. The molecule has 2 rings (SSSR count). The summed E-state index contributed by atoms with van der Waals surface area (Å²) in [7, 11) is 0. The second-order valence-corrected chi connectivity index (χ2v) is 5.05. The standard InChI is InChI=1S/C13H18N2O5/c1-13(20-7-11(16)17)8-15(9-13)12(18)14-5-4-10-3-2-6-19-10/h2-3,6H,4-5,7-9H2,1H3,(H,14,18)(H,16,17). The van der Waals surface area contributed by atoms with Gasteiger partial charge in [0.15, 0.2) is 0 Å². The van der Waals surface area contributed by atoms with E-state index < -0.39 is 11.6 Å². The SMILES string of the molecule is CC1(OCC(=O)O)CN(C(=O)NCCc2ccco2)C1. The minimum atomic E-state index is -1.01. The van der Waals surface area contributed by atoms with Gasteiger partial charge in [0.25, 0.3) is 0 Å². The van der Waals surface area contributed by atoms with Gasteiger partial charge in [-0.15, -0.1) is 0 Å². The van der Waals surface area contributed by atoms with Crippen LogP contribution in [0.5, 0.6) is 0 Å². The van der Waals surface area contributed by atoms with Crippen LogP contribution >= 0.6 is 0 Å². The number of carbonyl (C=O) groups excluding carboxylic acids is 1. The van der Waals surface area contributed by atoms with Gasteiger partial charge in [-0.3, -0.25) is 0 Å². The maximum absolute atomic E-state index is 11.8. The van der Waals surface area contributed by atoms with E-state index in [1.54, 1.807) is 24.2 Å². The van der Waals surface area contributed by atoms with E-state index >= 15 is 0 Å². The molecule has 0 radical (unpaired) electrons. The Morgan fingerprint density at radius 1 is 1.55 bits per heavy atom. The Morgan fingerprint density at radius 2 is 2.30 bits per heavy atom. The number of rotatable bonds is 6. The van der Waals surface area contributed by atoms with Gasteiger partial charge in [0, 0.05) is 13.0 Å². The van der Waals surface area contributed by atoms with Gasteiger partial charge in [0.05, 0.1) is 19.4 Å². The molecule has 7 heteroatoms. The molecule has 110 valence electrons. The molecule has 2 N–H and O–H groups in total. The number of likely N-dealkylation sites (tertiary alicyclic amines) is 1. The summed E-state index contributed by atoms with van der Waals surface area (Å²) in [6, 6.07) is 3.48. The lowest BCUT2D eigenvalue weighted by molar-refractivity contribution is -0.159. The van der Waals surface area contributed by atoms with Crippen molar-refractivity contribution in [2.45, 2.75) is 18.9 Å². The second-order valence-electron chi connectivity index (χ2n) is 5.05. The molecule has 0 aliphatic carbocycles. The Morgan fingerprint density at radius 3 is 2.90 bits per heavy atom. The number of carbonyl (C=O) groups is 2. The summed E-state index contributed by atoms with van der Waals surface area (Å²) in [6.45, 7) is 2.74. The Balaban J connectivity index is 1.64. The van der Waals surface area contributed by atoms with Crippen molar-refractivity contribution in [2.24, 2.45) is 0 Å². The molecule has 1 aromatic rings. The summed E-state index contributed by atoms with van der Waals surface area (Å²) < 4.78 is 10.4. The van der Waals surface area contributed by atoms with E-state index in [1.165, 1.54) is 0 Å². The fraction of sp³-hybridized carbons (Fsp3) is 0.538. The van der Waals surface area contributed by atoms with Crippen LogP contribution in [-0.4, -0.2) is 53.8 Å². The van der Waals surface area contributed by atoms with Gasteiger partial charge in [-0.2, -0.15) is 0 Å². The lowest BCUT2D eigenvalue weighted by Gasteiger charge is -2.46. The van der Waals surface area contributed by atoms with Crippen molar-refractivity contribution in [3.05, 3.63) is 24.2 Å². The largest absolute Gasteiger partial charge is 0.480 e. The minimum absolute atomic E-state index is 0.173. The summed E-state index contributed by atoms with van der Waals surface area (Å²) in [5.74, 6) is -0.184. The number of carboxylic acid groups (broad SMARTS) is 1. The first-order valence-electron chi connectivity index (χ1n) is 6.39. The summed E-state index contributed by atoms with van der Waals surface area (Å²) in [5, 5.41) is 11.3. The van der Waals surface area contributed by atoms with Crippen molar-refractivity contribution in [3.63, 3.8) is 0 Å². The molecule has 1 aliphatic heterocycles. The van der Waals surface area contributed by atoms with Gasteiger partial charge in [-0.1, -0.05) is 0 Å². The molecule has 0 unspecified atom stereocenters. The van der Waals surface area contributed by atoms with Gasteiger partial charge in [0.2, 0.25) is 0 Å². The molecule has 20 heavy (non-hydrogen) atoms. The first kappa shape index (κ1) is 14.4. The Bertz CT molecular complexity index is 465. The van der Waals surface area contributed by atoms with Crippen LogP contribution in [0, 0.1) is 0 Å². The predicted octanol–water partition coefficient (Wildman–Crippen LogP) is 0.707. The molecule has 0 aromatic carbocycles. The molecule has 0 saturated carbocycles. The molecule has 1 aromatic heterocycles. The third-order valence-electron chi connectivity index (χ3n) is 3.11. The molecule has 2 amide bonds. The summed E-state index contributed by atoms with van der Waals surface area (Å²) in [4.78, 5) is 23.8. The quantitative estimate of drug-likeness (QED) is 0.801. The van der Waals surface area contributed by atoms with Crippen LogP contribution in [0.2, 0.25) is 0 Å². The van der Waals surface area contributed by atoms with Gasteiger partial charge >= 0.3 is 12.0 Å². The maximum atomic E-state index is 11.8. The van der Waals surface area contributed by atoms with E-state index in [2.05, 4.69) is 5.32 Å². The van der Waals surface area contributed by atoms with Crippen molar-refractivity contribution in [1.29, 1.82) is 0 Å². The number of nitrogens with one attached hydrogen (secondary N) is 1. The van der Waals surface area contributed by atoms with Gasteiger partial charge in [-0.05, 0) is 19.1 Å². The van der Waals surface area contributed by atoms with Crippen molar-refractivity contribution in [2.75, 3.05) is 26.2 Å². The van der Waals surface area contributed by atoms with Crippen molar-refractivity contribution >= 4 is 12.0 Å². The molecule has 1 saturated heterocycles. The molecule has 7 nitrogen and oxygen atoms in total. The number of carboxylic acids is 1. The lowest BCUT2D eigenvalue weighted by atomic mass is 9.97. The van der Waals surface area contributed by atoms with Crippen LogP contribution in [0.3, 0.4) is 0 Å². The van der Waals surface area contributed by atoms with Crippen molar-refractivity contribution < 1.29 is 23.8 Å². The zero-order valence-corrected chi connectivity index (χ0v) is 11.3. The van der Waals surface area contributed by atoms with Crippen LogP contribution < -0.4 is 5.32 Å². The number of hydrogen-bond acceptors (Lipinski definition) is 4. The van der Waals surface area contributed by atoms with Crippen LogP contribution in [-0.2, 0) is 16.0 Å². The van der Waals surface area contributed by atoms with E-state index in [9.17, 15) is 9.59 Å². The number of furan rings is 1. The highest BCUT2D eigenvalue weighted by Crippen LogP contribution is 2.24. The van der Waals surface area contributed by atoms with E-state index in [-0.39, 0.29) is 12.6 Å². The monoisotopic (exact) mass is 282 g/mol. The van der Waals surface area contributed by atoms with Crippen LogP contribution in [0.1, 0.15) is 12.7 Å². The highest BCUT2D eigenvalue weighted by molar-refractivity contribution is 5.75. The number of ether oxygens (including phenoxy) is 1. The number of aliphatic carboxylic acids is 1. The molecule has 1 fully saturated rings. The molecular weight excluding hydrogens is 264 g/mol. The first-order chi connectivity index (χ1) is 9.48. The van der Waals surface area contributed by atoms with Crippen LogP contribution in [0.4, 0.5) is 4.79 Å². The topological polar surface area (TPSA) is 92.0 Å². The van der Waals surface area contributed by atoms with Gasteiger partial charge < -0.3 is 24.5 Å². The zero-order valence-electron chi connectivity index (χ0n) is 11.3. The number of nitrogens with zero attached hydrogens (tertiary/aromatic N) is 1. The summed E-state index contributed by atoms with van der Waals surface area (Å²) in [5.41, 5.74) is -0.559. The van der Waals surface area contributed by atoms with Crippen LogP contribution in [0.25, 0.3) is 0 Å². The second kappa shape index (κ2) is 5.96. The van der Waals surface area contributed by atoms with Gasteiger partial charge in [0.1, 0.15) is 18.0 Å². The number of urea groups is 1. The fourth-order valence-corrected chi connectivity index (χ4v) is 2.09. The Hall–Kier alpha value is -2.02. The smallest absolute Gasteiger partial charge is 0.329 e. The van der Waals surface area contributed by atoms with E-state index in [0.717, 1.165) is 5.76 Å². The third kappa shape index (κ3) is 3.74. The molecule has 2 heterocycles.